The molecule has 1 atom stereocenters. The number of amides is 1. The van der Waals surface area contributed by atoms with Gasteiger partial charge in [0.05, 0.1) is 16.6 Å². The number of anilines is 1. The second-order valence-corrected chi connectivity index (χ2v) is 8.24. The molecule has 4 rings (SSSR count). The van der Waals surface area contributed by atoms with Gasteiger partial charge >= 0.3 is 5.97 Å². The summed E-state index contributed by atoms with van der Waals surface area (Å²) in [5.41, 5.74) is 6.65. The summed E-state index contributed by atoms with van der Waals surface area (Å²) in [5, 5.41) is 2.91. The summed E-state index contributed by atoms with van der Waals surface area (Å²) in [6, 6.07) is 19.0. The number of aromatic amines is 1. The van der Waals surface area contributed by atoms with Crippen LogP contribution in [0.25, 0.3) is 22.4 Å². The molecule has 0 radical (unpaired) electrons. The van der Waals surface area contributed by atoms with E-state index in [1.54, 1.807) is 18.2 Å². The minimum atomic E-state index is -0.892. The Balaban J connectivity index is 1.51. The van der Waals surface area contributed by atoms with Crippen molar-refractivity contribution in [2.75, 3.05) is 5.32 Å². The van der Waals surface area contributed by atoms with Crippen molar-refractivity contribution in [3.63, 3.8) is 0 Å². The Morgan fingerprint density at radius 2 is 1.70 bits per heavy atom. The fourth-order valence-electron chi connectivity index (χ4n) is 3.72. The summed E-state index contributed by atoms with van der Waals surface area (Å²) in [5.74, 6) is -0.158. The number of nitrogens with one attached hydrogen (secondary N) is 2. The monoisotopic (exact) mass is 441 g/mol. The first-order valence-electron chi connectivity index (χ1n) is 11.0. The van der Waals surface area contributed by atoms with E-state index in [1.807, 2.05) is 70.2 Å². The number of aromatic nitrogens is 2. The van der Waals surface area contributed by atoms with E-state index < -0.39 is 12.1 Å². The zero-order valence-corrected chi connectivity index (χ0v) is 19.2. The molecule has 33 heavy (non-hydrogen) atoms. The Hall–Kier alpha value is -3.93. The van der Waals surface area contributed by atoms with Gasteiger partial charge in [0.2, 0.25) is 0 Å². The predicted molar refractivity (Wildman–Crippen MR) is 130 cm³/mol. The van der Waals surface area contributed by atoms with Crippen molar-refractivity contribution in [2.45, 2.75) is 40.2 Å². The molecule has 3 aromatic carbocycles. The maximum Gasteiger partial charge on any atom is 0.338 e. The van der Waals surface area contributed by atoms with Crippen LogP contribution in [0.4, 0.5) is 5.69 Å². The van der Waals surface area contributed by atoms with E-state index in [0.717, 1.165) is 39.2 Å². The Morgan fingerprint density at radius 3 is 2.36 bits per heavy atom. The Bertz CT molecular complexity index is 1300. The van der Waals surface area contributed by atoms with Crippen LogP contribution in [0.5, 0.6) is 0 Å². The highest BCUT2D eigenvalue weighted by Crippen LogP contribution is 2.23. The summed E-state index contributed by atoms with van der Waals surface area (Å²) in [6.45, 7) is 7.71. The van der Waals surface area contributed by atoms with Crippen LogP contribution in [-0.4, -0.2) is 27.9 Å². The molecule has 1 amide bonds. The number of hydrogen-bond donors (Lipinski definition) is 2. The summed E-state index contributed by atoms with van der Waals surface area (Å²) in [7, 11) is 0. The molecule has 4 aromatic rings. The molecule has 1 aromatic heterocycles. The van der Waals surface area contributed by atoms with Crippen molar-refractivity contribution in [1.29, 1.82) is 0 Å². The topological polar surface area (TPSA) is 84.1 Å². The highest BCUT2D eigenvalue weighted by atomic mass is 16.5. The molecular weight excluding hydrogens is 414 g/mol. The second kappa shape index (κ2) is 9.28. The smallest absolute Gasteiger partial charge is 0.338 e. The lowest BCUT2D eigenvalue weighted by atomic mass is 10.1. The van der Waals surface area contributed by atoms with Crippen LogP contribution in [0, 0.1) is 20.8 Å². The number of aryl methyl sites for hydroxylation is 3. The number of nitrogens with zero attached hydrogens (tertiary/aromatic N) is 1. The molecule has 0 saturated heterocycles. The summed E-state index contributed by atoms with van der Waals surface area (Å²) >= 11 is 0. The van der Waals surface area contributed by atoms with E-state index >= 15 is 0 Å². The lowest BCUT2D eigenvalue weighted by Crippen LogP contribution is -2.32. The molecule has 0 saturated carbocycles. The average molecular weight is 442 g/mol. The van der Waals surface area contributed by atoms with Crippen molar-refractivity contribution in [1.82, 2.24) is 9.97 Å². The van der Waals surface area contributed by atoms with Gasteiger partial charge in [-0.05, 0) is 56.5 Å². The summed E-state index contributed by atoms with van der Waals surface area (Å²) < 4.78 is 5.57. The van der Waals surface area contributed by atoms with E-state index in [1.165, 1.54) is 5.56 Å². The van der Waals surface area contributed by atoms with Gasteiger partial charge in [-0.15, -0.1) is 0 Å². The van der Waals surface area contributed by atoms with Gasteiger partial charge in [-0.3, -0.25) is 4.79 Å². The average Bonchev–Trinajstić information content (AvgIpc) is 3.23. The zero-order valence-electron chi connectivity index (χ0n) is 19.2. The van der Waals surface area contributed by atoms with Crippen molar-refractivity contribution >= 4 is 28.6 Å². The molecule has 168 valence electrons. The second-order valence-electron chi connectivity index (χ2n) is 8.24. The number of rotatable bonds is 6. The van der Waals surface area contributed by atoms with Crippen LogP contribution < -0.4 is 5.32 Å². The molecule has 6 nitrogen and oxygen atoms in total. The summed E-state index contributed by atoms with van der Waals surface area (Å²) in [6.07, 6.45) is -0.524. The maximum atomic E-state index is 12.8. The third-order valence-electron chi connectivity index (χ3n) is 5.68. The quantitative estimate of drug-likeness (QED) is 0.374. The van der Waals surface area contributed by atoms with E-state index in [-0.39, 0.29) is 5.91 Å². The fourth-order valence-corrected chi connectivity index (χ4v) is 3.72. The molecule has 1 unspecified atom stereocenters. The molecule has 2 N–H and O–H groups in total. The van der Waals surface area contributed by atoms with Gasteiger partial charge < -0.3 is 15.0 Å². The number of hydrogen-bond acceptors (Lipinski definition) is 4. The minimum Gasteiger partial charge on any atom is -0.449 e. The maximum absolute atomic E-state index is 12.8. The predicted octanol–water partition coefficient (Wildman–Crippen LogP) is 5.73. The molecule has 0 aliphatic heterocycles. The number of fused-ring (bicyclic) bond motifs is 1. The number of benzene rings is 3. The fraction of sp³-hybridized carbons (Fsp3) is 0.222. The highest BCUT2D eigenvalue weighted by Gasteiger charge is 2.23. The largest absolute Gasteiger partial charge is 0.449 e. The van der Waals surface area contributed by atoms with Gasteiger partial charge in [0.1, 0.15) is 5.82 Å². The number of esters is 1. The van der Waals surface area contributed by atoms with Gasteiger partial charge in [-0.25, -0.2) is 9.78 Å². The summed E-state index contributed by atoms with van der Waals surface area (Å²) in [4.78, 5) is 33.5. The molecule has 6 heteroatoms. The highest BCUT2D eigenvalue weighted by molar-refractivity contribution is 5.99. The third-order valence-corrected chi connectivity index (χ3v) is 5.68. The van der Waals surface area contributed by atoms with Gasteiger partial charge in [-0.2, -0.15) is 0 Å². The first-order valence-corrected chi connectivity index (χ1v) is 11.0. The number of H-pyrrole nitrogens is 1. The van der Waals surface area contributed by atoms with Gasteiger partial charge in [0, 0.05) is 11.3 Å². The molecule has 0 aliphatic rings. The number of para-hydroxylation sites is 1. The Labute approximate surface area is 193 Å². The Kier molecular flexibility index (Phi) is 6.27. The number of carbonyl (C=O) groups excluding carboxylic acids is 2. The number of ether oxygens (including phenoxy) is 1. The van der Waals surface area contributed by atoms with E-state index in [2.05, 4.69) is 15.3 Å². The molecule has 1 heterocycles. The lowest BCUT2D eigenvalue weighted by Gasteiger charge is -2.18. The minimum absolute atomic E-state index is 0.340. The van der Waals surface area contributed by atoms with Crippen molar-refractivity contribution in [2.24, 2.45) is 0 Å². The van der Waals surface area contributed by atoms with Crippen LogP contribution >= 0.6 is 0 Å². The van der Waals surface area contributed by atoms with Crippen LogP contribution in [0.1, 0.15) is 40.4 Å². The van der Waals surface area contributed by atoms with Gasteiger partial charge in [0.15, 0.2) is 6.10 Å². The first-order chi connectivity index (χ1) is 15.9. The van der Waals surface area contributed by atoms with Crippen LogP contribution in [0.15, 0.2) is 60.7 Å². The van der Waals surface area contributed by atoms with Gasteiger partial charge in [-0.1, -0.05) is 55.0 Å². The van der Waals surface area contributed by atoms with Crippen molar-refractivity contribution < 1.29 is 14.3 Å². The van der Waals surface area contributed by atoms with Gasteiger partial charge in [0.25, 0.3) is 5.91 Å². The lowest BCUT2D eigenvalue weighted by molar-refractivity contribution is -0.124. The SMILES string of the molecule is CCC(OC(=O)c1ccc2nc(-c3ccc(C)cc3)[nH]c2c1)C(=O)Nc1c(C)cccc1C. The van der Waals surface area contributed by atoms with Crippen LogP contribution in [0.2, 0.25) is 0 Å². The van der Waals surface area contributed by atoms with E-state index in [4.69, 9.17) is 4.74 Å². The van der Waals surface area contributed by atoms with Crippen molar-refractivity contribution in [3.05, 3.63) is 82.9 Å². The van der Waals surface area contributed by atoms with E-state index in [0.29, 0.717) is 12.0 Å². The van der Waals surface area contributed by atoms with Crippen LogP contribution in [0.3, 0.4) is 0 Å². The normalized spacial score (nSPS) is 11.9. The Morgan fingerprint density at radius 1 is 1.00 bits per heavy atom. The molecule has 0 bridgehead atoms. The standard InChI is InChI=1S/C27H27N3O3/c1-5-23(26(31)30-24-17(3)7-6-8-18(24)4)33-27(32)20-13-14-21-22(15-20)29-25(28-21)19-11-9-16(2)10-12-19/h6-15,23H,5H2,1-4H3,(H,28,29)(H,30,31). The molecule has 0 fully saturated rings. The van der Waals surface area contributed by atoms with Crippen molar-refractivity contribution in [3.8, 4) is 11.4 Å². The van der Waals surface area contributed by atoms with E-state index in [9.17, 15) is 9.59 Å². The number of imidazole rings is 1. The first kappa shape index (κ1) is 22.3. The van der Waals surface area contributed by atoms with Crippen LogP contribution in [-0.2, 0) is 9.53 Å². The zero-order chi connectivity index (χ0) is 23.5. The number of carbonyl (C=O) groups is 2. The molecule has 0 aliphatic carbocycles. The molecular formula is C27H27N3O3. The molecule has 0 spiro atoms. The third kappa shape index (κ3) is 4.80.